The molecule has 1 heterocycles. The van der Waals surface area contributed by atoms with Crippen molar-refractivity contribution < 1.29 is 28.6 Å². The number of allylic oxidation sites excluding steroid dienone is 1. The third kappa shape index (κ3) is 9.81. The van der Waals surface area contributed by atoms with Crippen LogP contribution in [-0.4, -0.2) is 42.6 Å². The van der Waals surface area contributed by atoms with Crippen molar-refractivity contribution in [3.63, 3.8) is 0 Å². The molecule has 3 atom stereocenters. The molecule has 0 spiro atoms. The molecule has 1 fully saturated rings. The molecule has 0 saturated carbocycles. The van der Waals surface area contributed by atoms with E-state index in [0.717, 1.165) is 24.0 Å². The van der Waals surface area contributed by atoms with Crippen molar-refractivity contribution in [3.05, 3.63) is 23.8 Å². The highest BCUT2D eigenvalue weighted by Gasteiger charge is 2.39. The van der Waals surface area contributed by atoms with Gasteiger partial charge in [0.05, 0.1) is 6.61 Å². The van der Waals surface area contributed by atoms with Crippen molar-refractivity contribution >= 4 is 17.7 Å². The molecular weight excluding hydrogens is 396 g/mol. The fourth-order valence-electron chi connectivity index (χ4n) is 3.62. The number of Topliss-reactive ketones (excluding diaryl/α,β-unsaturated/α-hetero) is 1. The van der Waals surface area contributed by atoms with Crippen LogP contribution in [0.2, 0.25) is 0 Å². The van der Waals surface area contributed by atoms with Crippen molar-refractivity contribution in [2.24, 2.45) is 11.8 Å². The highest BCUT2D eigenvalue weighted by molar-refractivity contribution is 5.82. The number of esters is 2. The second-order valence-electron chi connectivity index (χ2n) is 9.15. The zero-order valence-corrected chi connectivity index (χ0v) is 20.1. The molecule has 0 aliphatic carbocycles. The maximum Gasteiger partial charge on any atom is 0.303 e. The first-order chi connectivity index (χ1) is 14.4. The van der Waals surface area contributed by atoms with Crippen molar-refractivity contribution in [3.8, 4) is 0 Å². The molecule has 0 aromatic heterocycles. The monoisotopic (exact) mass is 436 g/mol. The summed E-state index contributed by atoms with van der Waals surface area (Å²) in [7, 11) is 0. The van der Waals surface area contributed by atoms with Gasteiger partial charge in [0.2, 0.25) is 0 Å². The molecule has 0 N–H and O–H groups in total. The first kappa shape index (κ1) is 27.1. The minimum absolute atomic E-state index is 0.0451. The Kier molecular flexibility index (Phi) is 11.2. The van der Waals surface area contributed by atoms with E-state index in [1.54, 1.807) is 0 Å². The maximum atomic E-state index is 12.5. The van der Waals surface area contributed by atoms with E-state index in [-0.39, 0.29) is 36.4 Å². The van der Waals surface area contributed by atoms with Gasteiger partial charge in [0.15, 0.2) is 0 Å². The fraction of sp³-hybridized carbons (Fsp3) is 0.720. The third-order valence-electron chi connectivity index (χ3n) is 6.04. The van der Waals surface area contributed by atoms with Crippen LogP contribution in [0.25, 0.3) is 0 Å². The van der Waals surface area contributed by atoms with E-state index in [2.05, 4.69) is 20.4 Å². The first-order valence-electron chi connectivity index (χ1n) is 11.3. The fourth-order valence-corrected chi connectivity index (χ4v) is 3.62. The van der Waals surface area contributed by atoms with Crippen LogP contribution in [0, 0.1) is 11.8 Å². The molecule has 6 heteroatoms. The second kappa shape index (κ2) is 12.8. The molecule has 1 rings (SSSR count). The Labute approximate surface area is 187 Å². The standard InChI is InChI=1S/C25H40O6/c1-17(2)19(4)15-23(28)18(3)9-8-13-25(7)24(31-21(6)27)11-10-22(16-30-25)12-14-29-20(5)26/h12,17-18,24H,4,8-11,13-16H2,1-3,5-7H3/t18?,24-,25+/m1/s1. The molecule has 6 nitrogen and oxygen atoms in total. The van der Waals surface area contributed by atoms with Crippen molar-refractivity contribution in [2.45, 2.75) is 91.8 Å². The van der Waals surface area contributed by atoms with Crippen molar-refractivity contribution in [1.82, 2.24) is 0 Å². The van der Waals surface area contributed by atoms with Gasteiger partial charge in [0, 0.05) is 26.2 Å². The summed E-state index contributed by atoms with van der Waals surface area (Å²) in [6, 6.07) is 0. The van der Waals surface area contributed by atoms with E-state index in [1.165, 1.54) is 13.8 Å². The van der Waals surface area contributed by atoms with Crippen LogP contribution in [-0.2, 0) is 28.6 Å². The van der Waals surface area contributed by atoms with Gasteiger partial charge in [0.25, 0.3) is 0 Å². The normalized spacial score (nSPS) is 23.8. The van der Waals surface area contributed by atoms with Gasteiger partial charge in [-0.3, -0.25) is 14.4 Å². The molecular formula is C25H40O6. The number of hydrogen-bond acceptors (Lipinski definition) is 6. The largest absolute Gasteiger partial charge is 0.462 e. The quantitative estimate of drug-likeness (QED) is 0.337. The number of rotatable bonds is 11. The summed E-state index contributed by atoms with van der Waals surface area (Å²) in [5, 5.41) is 0. The molecule has 1 unspecified atom stereocenters. The Bertz CT molecular complexity index is 677. The number of carbonyl (C=O) groups is 3. The molecule has 31 heavy (non-hydrogen) atoms. The van der Waals surface area contributed by atoms with Gasteiger partial charge in [-0.15, -0.1) is 0 Å². The molecule has 1 saturated heterocycles. The Morgan fingerprint density at radius 1 is 1.23 bits per heavy atom. The Balaban J connectivity index is 2.71. The average Bonchev–Trinajstić information content (AvgIpc) is 2.81. The van der Waals surface area contributed by atoms with E-state index >= 15 is 0 Å². The minimum Gasteiger partial charge on any atom is -0.462 e. The van der Waals surface area contributed by atoms with Crippen LogP contribution in [0.4, 0.5) is 0 Å². The molecule has 1 aliphatic rings. The van der Waals surface area contributed by atoms with Gasteiger partial charge in [-0.05, 0) is 56.6 Å². The summed E-state index contributed by atoms with van der Waals surface area (Å²) in [4.78, 5) is 35.1. The maximum absolute atomic E-state index is 12.5. The lowest BCUT2D eigenvalue weighted by atomic mass is 9.86. The Hall–Kier alpha value is -1.95. The zero-order valence-electron chi connectivity index (χ0n) is 20.1. The topological polar surface area (TPSA) is 78.9 Å². The van der Waals surface area contributed by atoms with Crippen LogP contribution in [0.5, 0.6) is 0 Å². The van der Waals surface area contributed by atoms with E-state index in [4.69, 9.17) is 14.2 Å². The highest BCUT2D eigenvalue weighted by Crippen LogP contribution is 2.34. The highest BCUT2D eigenvalue weighted by atomic mass is 16.6. The molecule has 176 valence electrons. The van der Waals surface area contributed by atoms with Crippen LogP contribution >= 0.6 is 0 Å². The summed E-state index contributed by atoms with van der Waals surface area (Å²) in [5.74, 6) is -0.172. The van der Waals surface area contributed by atoms with Crippen molar-refractivity contribution in [1.29, 1.82) is 0 Å². The first-order valence-corrected chi connectivity index (χ1v) is 11.3. The lowest BCUT2D eigenvalue weighted by molar-refractivity contribution is -0.167. The smallest absolute Gasteiger partial charge is 0.303 e. The second-order valence-corrected chi connectivity index (χ2v) is 9.15. The zero-order chi connectivity index (χ0) is 23.6. The van der Waals surface area contributed by atoms with Gasteiger partial charge in [-0.2, -0.15) is 0 Å². The molecule has 1 aliphatic heterocycles. The predicted octanol–water partition coefficient (Wildman–Crippen LogP) is 4.95. The minimum atomic E-state index is -0.632. The predicted molar refractivity (Wildman–Crippen MR) is 120 cm³/mol. The van der Waals surface area contributed by atoms with Gasteiger partial charge in [-0.25, -0.2) is 0 Å². The van der Waals surface area contributed by atoms with Gasteiger partial charge in [-0.1, -0.05) is 32.9 Å². The Morgan fingerprint density at radius 3 is 2.48 bits per heavy atom. The van der Waals surface area contributed by atoms with Crippen LogP contribution in [0.3, 0.4) is 0 Å². The van der Waals surface area contributed by atoms with Crippen LogP contribution in [0.1, 0.15) is 80.1 Å². The summed E-state index contributed by atoms with van der Waals surface area (Å²) >= 11 is 0. The SMILES string of the molecule is C=C(CC(=O)C(C)CCC[C@]1(C)OCC(=CCOC(C)=O)CC[C@H]1OC(C)=O)C(C)C. The number of hydrogen-bond donors (Lipinski definition) is 0. The summed E-state index contributed by atoms with van der Waals surface area (Å²) in [6.07, 6.45) is 5.51. The van der Waals surface area contributed by atoms with E-state index < -0.39 is 5.60 Å². The Morgan fingerprint density at radius 2 is 1.90 bits per heavy atom. The number of carbonyl (C=O) groups excluding carboxylic acids is 3. The summed E-state index contributed by atoms with van der Waals surface area (Å²) in [5.41, 5.74) is 1.37. The van der Waals surface area contributed by atoms with Gasteiger partial charge < -0.3 is 14.2 Å². The lowest BCUT2D eigenvalue weighted by Crippen LogP contribution is -2.43. The van der Waals surface area contributed by atoms with Crippen LogP contribution < -0.4 is 0 Å². The summed E-state index contributed by atoms with van der Waals surface area (Å²) in [6.45, 7) is 15.4. The van der Waals surface area contributed by atoms with Gasteiger partial charge in [0.1, 0.15) is 24.1 Å². The summed E-state index contributed by atoms with van der Waals surface area (Å²) < 4.78 is 16.8. The lowest BCUT2D eigenvalue weighted by Gasteiger charge is -2.35. The average molecular weight is 437 g/mol. The van der Waals surface area contributed by atoms with Crippen molar-refractivity contribution in [2.75, 3.05) is 13.2 Å². The number of ether oxygens (including phenoxy) is 3. The number of ketones is 1. The van der Waals surface area contributed by atoms with E-state index in [1.807, 2.05) is 19.9 Å². The van der Waals surface area contributed by atoms with Crippen LogP contribution in [0.15, 0.2) is 23.8 Å². The molecule has 0 aromatic carbocycles. The van der Waals surface area contributed by atoms with Gasteiger partial charge >= 0.3 is 11.9 Å². The molecule has 0 radical (unpaired) electrons. The van der Waals surface area contributed by atoms with E-state index in [0.29, 0.717) is 38.2 Å². The third-order valence-corrected chi connectivity index (χ3v) is 6.04. The molecule has 0 amide bonds. The molecule has 0 bridgehead atoms. The van der Waals surface area contributed by atoms with E-state index in [9.17, 15) is 14.4 Å². The molecule has 0 aromatic rings.